The average Bonchev–Trinajstić information content (AvgIpc) is 2.66. The van der Waals surface area contributed by atoms with Gasteiger partial charge in [0.05, 0.1) is 19.3 Å². The van der Waals surface area contributed by atoms with Crippen LogP contribution in [-0.2, 0) is 9.47 Å². The van der Waals surface area contributed by atoms with Crippen molar-refractivity contribution in [1.82, 2.24) is 4.98 Å². The summed E-state index contributed by atoms with van der Waals surface area (Å²) in [4.78, 5) is 24.8. The molecule has 0 atom stereocenters. The van der Waals surface area contributed by atoms with Crippen LogP contribution in [0.25, 0.3) is 0 Å². The van der Waals surface area contributed by atoms with E-state index < -0.39 is 11.9 Å². The molecular weight excluding hydrogens is 186 g/mol. The molecule has 0 aromatic carbocycles. The number of H-pyrrole nitrogens is 1. The SMILES string of the molecule is CCOC(=O)c1c[nH]c(C(=O)OC)c1. The van der Waals surface area contributed by atoms with E-state index in [9.17, 15) is 9.59 Å². The number of ether oxygens (including phenoxy) is 2. The fourth-order valence-corrected chi connectivity index (χ4v) is 0.954. The Morgan fingerprint density at radius 3 is 2.71 bits per heavy atom. The Labute approximate surface area is 81.0 Å². The molecule has 5 nitrogen and oxygen atoms in total. The van der Waals surface area contributed by atoms with Crippen LogP contribution in [0.4, 0.5) is 0 Å². The monoisotopic (exact) mass is 197 g/mol. The van der Waals surface area contributed by atoms with Gasteiger partial charge in [-0.05, 0) is 13.0 Å². The molecule has 0 aliphatic heterocycles. The summed E-state index contributed by atoms with van der Waals surface area (Å²) in [5.41, 5.74) is 0.544. The molecule has 0 unspecified atom stereocenters. The summed E-state index contributed by atoms with van der Waals surface area (Å²) >= 11 is 0. The molecule has 1 aromatic rings. The van der Waals surface area contributed by atoms with Gasteiger partial charge in [0, 0.05) is 6.20 Å². The lowest BCUT2D eigenvalue weighted by atomic mass is 10.3. The quantitative estimate of drug-likeness (QED) is 0.733. The first-order chi connectivity index (χ1) is 6.69. The highest BCUT2D eigenvalue weighted by molar-refractivity contribution is 5.94. The van der Waals surface area contributed by atoms with E-state index in [-0.39, 0.29) is 5.69 Å². The number of hydrogen-bond acceptors (Lipinski definition) is 4. The normalized spacial score (nSPS) is 9.57. The third-order valence-corrected chi connectivity index (χ3v) is 1.60. The lowest BCUT2D eigenvalue weighted by Crippen LogP contribution is -2.03. The molecule has 0 bridgehead atoms. The summed E-state index contributed by atoms with van der Waals surface area (Å²) in [6.45, 7) is 2.02. The number of aromatic amines is 1. The average molecular weight is 197 g/mol. The van der Waals surface area contributed by atoms with Crippen LogP contribution in [0.5, 0.6) is 0 Å². The Bertz CT molecular complexity index is 342. The van der Waals surface area contributed by atoms with Gasteiger partial charge in [-0.3, -0.25) is 0 Å². The Hall–Kier alpha value is -1.78. The summed E-state index contributed by atoms with van der Waals surface area (Å²) in [5.74, 6) is -0.973. The lowest BCUT2D eigenvalue weighted by molar-refractivity contribution is 0.0526. The number of carbonyl (C=O) groups is 2. The van der Waals surface area contributed by atoms with Gasteiger partial charge in [0.1, 0.15) is 5.69 Å². The molecule has 1 heterocycles. The fourth-order valence-electron chi connectivity index (χ4n) is 0.954. The molecule has 1 N–H and O–H groups in total. The second kappa shape index (κ2) is 4.45. The van der Waals surface area contributed by atoms with E-state index in [4.69, 9.17) is 4.74 Å². The van der Waals surface area contributed by atoms with Crippen LogP contribution >= 0.6 is 0 Å². The molecular formula is C9H11NO4. The van der Waals surface area contributed by atoms with Gasteiger partial charge in [-0.15, -0.1) is 0 Å². The van der Waals surface area contributed by atoms with E-state index >= 15 is 0 Å². The van der Waals surface area contributed by atoms with E-state index in [1.54, 1.807) is 6.92 Å². The van der Waals surface area contributed by atoms with Gasteiger partial charge >= 0.3 is 11.9 Å². The summed E-state index contributed by atoms with van der Waals surface area (Å²) in [5, 5.41) is 0. The van der Waals surface area contributed by atoms with Crippen LogP contribution in [0.2, 0.25) is 0 Å². The first-order valence-corrected chi connectivity index (χ1v) is 4.13. The standard InChI is InChI=1S/C9H11NO4/c1-3-14-8(11)6-4-7(10-5-6)9(12)13-2/h4-5,10H,3H2,1-2H3. The topological polar surface area (TPSA) is 68.4 Å². The smallest absolute Gasteiger partial charge is 0.354 e. The molecule has 0 aliphatic carbocycles. The molecule has 0 saturated heterocycles. The number of esters is 2. The van der Waals surface area contributed by atoms with Crippen molar-refractivity contribution in [1.29, 1.82) is 0 Å². The first kappa shape index (κ1) is 10.3. The third kappa shape index (κ3) is 2.12. The van der Waals surface area contributed by atoms with Crippen LogP contribution in [0.15, 0.2) is 12.3 Å². The molecule has 1 aromatic heterocycles. The maximum absolute atomic E-state index is 11.2. The number of carbonyl (C=O) groups excluding carboxylic acids is 2. The summed E-state index contributed by atoms with van der Waals surface area (Å²) < 4.78 is 9.21. The molecule has 5 heteroatoms. The van der Waals surface area contributed by atoms with Crippen molar-refractivity contribution in [3.63, 3.8) is 0 Å². The first-order valence-electron chi connectivity index (χ1n) is 4.13. The van der Waals surface area contributed by atoms with Crippen LogP contribution in [-0.4, -0.2) is 30.6 Å². The van der Waals surface area contributed by atoms with E-state index in [0.717, 1.165) is 0 Å². The predicted octanol–water partition coefficient (Wildman–Crippen LogP) is 0.978. The largest absolute Gasteiger partial charge is 0.464 e. The minimum absolute atomic E-state index is 0.232. The van der Waals surface area contributed by atoms with Crippen LogP contribution in [0.3, 0.4) is 0 Å². The molecule has 0 saturated carbocycles. The van der Waals surface area contributed by atoms with Gasteiger partial charge in [0.15, 0.2) is 0 Å². The zero-order valence-electron chi connectivity index (χ0n) is 7.99. The molecule has 0 radical (unpaired) electrons. The molecule has 0 fully saturated rings. The van der Waals surface area contributed by atoms with Crippen molar-refractivity contribution in [2.24, 2.45) is 0 Å². The van der Waals surface area contributed by atoms with Gasteiger partial charge < -0.3 is 14.5 Å². The lowest BCUT2D eigenvalue weighted by Gasteiger charge is -1.96. The van der Waals surface area contributed by atoms with Gasteiger partial charge in [0.2, 0.25) is 0 Å². The van der Waals surface area contributed by atoms with Gasteiger partial charge in [-0.2, -0.15) is 0 Å². The van der Waals surface area contributed by atoms with Gasteiger partial charge in [0.25, 0.3) is 0 Å². The molecule has 14 heavy (non-hydrogen) atoms. The summed E-state index contributed by atoms with van der Waals surface area (Å²) in [6.07, 6.45) is 1.41. The highest BCUT2D eigenvalue weighted by atomic mass is 16.5. The Morgan fingerprint density at radius 2 is 2.14 bits per heavy atom. The van der Waals surface area contributed by atoms with Crippen LogP contribution < -0.4 is 0 Å². The number of nitrogens with one attached hydrogen (secondary N) is 1. The molecule has 0 amide bonds. The van der Waals surface area contributed by atoms with Crippen LogP contribution in [0, 0.1) is 0 Å². The van der Waals surface area contributed by atoms with Crippen molar-refractivity contribution in [3.8, 4) is 0 Å². The molecule has 0 spiro atoms. The number of rotatable bonds is 3. The van der Waals surface area contributed by atoms with E-state index in [1.807, 2.05) is 0 Å². The van der Waals surface area contributed by atoms with Crippen LogP contribution in [0.1, 0.15) is 27.8 Å². The minimum Gasteiger partial charge on any atom is -0.464 e. The van der Waals surface area contributed by atoms with E-state index in [0.29, 0.717) is 12.2 Å². The Kier molecular flexibility index (Phi) is 3.28. The molecule has 1 rings (SSSR count). The Balaban J connectivity index is 2.77. The highest BCUT2D eigenvalue weighted by Crippen LogP contribution is 2.06. The number of aromatic nitrogens is 1. The van der Waals surface area contributed by atoms with Crippen molar-refractivity contribution in [2.75, 3.05) is 13.7 Å². The number of hydrogen-bond donors (Lipinski definition) is 1. The highest BCUT2D eigenvalue weighted by Gasteiger charge is 2.13. The zero-order valence-corrected chi connectivity index (χ0v) is 7.99. The minimum atomic E-state index is -0.513. The fraction of sp³-hybridized carbons (Fsp3) is 0.333. The number of methoxy groups -OCH3 is 1. The Morgan fingerprint density at radius 1 is 1.43 bits per heavy atom. The van der Waals surface area contributed by atoms with Crippen molar-refractivity contribution in [3.05, 3.63) is 23.5 Å². The molecule has 76 valence electrons. The predicted molar refractivity (Wildman–Crippen MR) is 48.1 cm³/mol. The van der Waals surface area contributed by atoms with Crippen molar-refractivity contribution < 1.29 is 19.1 Å². The second-order valence-corrected chi connectivity index (χ2v) is 2.51. The van der Waals surface area contributed by atoms with Crippen molar-refractivity contribution in [2.45, 2.75) is 6.92 Å². The maximum Gasteiger partial charge on any atom is 0.354 e. The third-order valence-electron chi connectivity index (χ3n) is 1.60. The van der Waals surface area contributed by atoms with Crippen molar-refractivity contribution >= 4 is 11.9 Å². The van der Waals surface area contributed by atoms with Gasteiger partial charge in [-0.1, -0.05) is 0 Å². The maximum atomic E-state index is 11.2. The second-order valence-electron chi connectivity index (χ2n) is 2.51. The molecule has 0 aliphatic rings. The summed E-state index contributed by atoms with van der Waals surface area (Å²) in [6, 6.07) is 1.39. The van der Waals surface area contributed by atoms with Gasteiger partial charge in [-0.25, -0.2) is 9.59 Å². The van der Waals surface area contributed by atoms with E-state index in [1.165, 1.54) is 19.4 Å². The summed E-state index contributed by atoms with van der Waals surface area (Å²) in [7, 11) is 1.27. The zero-order chi connectivity index (χ0) is 10.6. The van der Waals surface area contributed by atoms with E-state index in [2.05, 4.69) is 9.72 Å².